The van der Waals surface area contributed by atoms with Crippen LogP contribution >= 0.6 is 0 Å². The molecule has 1 aliphatic rings. The molecule has 158 valence electrons. The highest BCUT2D eigenvalue weighted by atomic mass is 19.1. The van der Waals surface area contributed by atoms with Gasteiger partial charge in [-0.05, 0) is 49.7 Å². The monoisotopic (exact) mass is 417 g/mol. The maximum Gasteiger partial charge on any atom is 0.325 e. The van der Waals surface area contributed by atoms with E-state index in [1.807, 2.05) is 25.1 Å². The Kier molecular flexibility index (Phi) is 6.00. The van der Waals surface area contributed by atoms with Crippen LogP contribution in [0.25, 0.3) is 0 Å². The summed E-state index contributed by atoms with van der Waals surface area (Å²) in [6, 6.07) is 9.18. The predicted octanol–water partition coefficient (Wildman–Crippen LogP) is 2.24. The summed E-state index contributed by atoms with van der Waals surface area (Å²) in [7, 11) is 0. The number of hydrogen-bond acceptors (Lipinski definition) is 4. The predicted molar refractivity (Wildman–Crippen MR) is 104 cm³/mol. The van der Waals surface area contributed by atoms with E-state index in [1.165, 1.54) is 6.92 Å². The van der Waals surface area contributed by atoms with E-state index in [-0.39, 0.29) is 18.7 Å². The number of imide groups is 1. The lowest BCUT2D eigenvalue weighted by molar-refractivity contribution is -0.134. The van der Waals surface area contributed by atoms with Gasteiger partial charge in [-0.15, -0.1) is 0 Å². The largest absolute Gasteiger partial charge is 0.492 e. The van der Waals surface area contributed by atoms with Crippen molar-refractivity contribution in [1.82, 2.24) is 15.5 Å². The molecular formula is C21H21F2N3O4. The van der Waals surface area contributed by atoms with Crippen LogP contribution in [0.1, 0.15) is 18.1 Å². The van der Waals surface area contributed by atoms with Crippen molar-refractivity contribution < 1.29 is 27.9 Å². The van der Waals surface area contributed by atoms with Crippen molar-refractivity contribution in [3.8, 4) is 5.75 Å². The fourth-order valence-electron chi connectivity index (χ4n) is 3.17. The van der Waals surface area contributed by atoms with Gasteiger partial charge < -0.3 is 15.4 Å². The van der Waals surface area contributed by atoms with Crippen molar-refractivity contribution in [3.63, 3.8) is 0 Å². The van der Waals surface area contributed by atoms with Crippen LogP contribution < -0.4 is 15.4 Å². The lowest BCUT2D eigenvalue weighted by Crippen LogP contribution is -2.44. The van der Waals surface area contributed by atoms with Gasteiger partial charge in [0, 0.05) is 5.56 Å². The molecule has 30 heavy (non-hydrogen) atoms. The molecule has 0 aromatic heterocycles. The molecule has 4 amide bonds. The molecular weight excluding hydrogens is 396 g/mol. The first-order chi connectivity index (χ1) is 14.2. The van der Waals surface area contributed by atoms with Crippen LogP contribution in [-0.4, -0.2) is 42.4 Å². The minimum atomic E-state index is -1.81. The van der Waals surface area contributed by atoms with Crippen LogP contribution in [0.2, 0.25) is 0 Å². The number of rotatable bonds is 7. The smallest absolute Gasteiger partial charge is 0.325 e. The average Bonchev–Trinajstić information content (AvgIpc) is 2.91. The van der Waals surface area contributed by atoms with Gasteiger partial charge in [0.25, 0.3) is 5.91 Å². The summed E-state index contributed by atoms with van der Waals surface area (Å²) in [5.41, 5.74) is -1.08. The fraction of sp³-hybridized carbons (Fsp3) is 0.286. The van der Waals surface area contributed by atoms with Gasteiger partial charge in [-0.25, -0.2) is 13.6 Å². The van der Waals surface area contributed by atoms with Gasteiger partial charge >= 0.3 is 6.03 Å². The molecule has 0 spiro atoms. The highest BCUT2D eigenvalue weighted by Gasteiger charge is 2.50. The summed E-state index contributed by atoms with van der Waals surface area (Å²) in [6.45, 7) is 2.99. The second-order valence-electron chi connectivity index (χ2n) is 7.09. The number of halogens is 2. The van der Waals surface area contributed by atoms with E-state index in [0.29, 0.717) is 10.6 Å². The molecule has 0 aliphatic carbocycles. The second-order valence-corrected chi connectivity index (χ2v) is 7.09. The van der Waals surface area contributed by atoms with Crippen molar-refractivity contribution in [2.45, 2.75) is 19.4 Å². The SMILES string of the molecule is Cc1cccc(OCCNC(=O)CN2C(=O)NC(C)(c3cc(F)ccc3F)C2=O)c1. The number of ether oxygens (including phenoxy) is 1. The Morgan fingerprint density at radius 1 is 1.20 bits per heavy atom. The van der Waals surface area contributed by atoms with Crippen LogP contribution in [0.5, 0.6) is 5.75 Å². The van der Waals surface area contributed by atoms with Crippen molar-refractivity contribution in [3.05, 3.63) is 65.2 Å². The van der Waals surface area contributed by atoms with Crippen LogP contribution in [-0.2, 0) is 15.1 Å². The maximum atomic E-state index is 14.1. The van der Waals surface area contributed by atoms with Gasteiger partial charge in [0.1, 0.15) is 36.1 Å². The first kappa shape index (κ1) is 21.2. The molecule has 0 radical (unpaired) electrons. The van der Waals surface area contributed by atoms with E-state index in [9.17, 15) is 23.2 Å². The van der Waals surface area contributed by atoms with Crippen LogP contribution in [0.4, 0.5) is 13.6 Å². The molecule has 3 rings (SSSR count). The molecule has 9 heteroatoms. The van der Waals surface area contributed by atoms with Gasteiger partial charge in [-0.3, -0.25) is 14.5 Å². The lowest BCUT2D eigenvalue weighted by Gasteiger charge is -2.22. The third-order valence-electron chi connectivity index (χ3n) is 4.73. The van der Waals surface area contributed by atoms with Gasteiger partial charge in [-0.2, -0.15) is 0 Å². The summed E-state index contributed by atoms with van der Waals surface area (Å²) in [6.07, 6.45) is 0. The fourth-order valence-corrected chi connectivity index (χ4v) is 3.17. The van der Waals surface area contributed by atoms with E-state index in [0.717, 1.165) is 23.8 Å². The van der Waals surface area contributed by atoms with E-state index < -0.39 is 41.6 Å². The lowest BCUT2D eigenvalue weighted by atomic mass is 9.91. The van der Waals surface area contributed by atoms with Crippen molar-refractivity contribution in [1.29, 1.82) is 0 Å². The zero-order chi connectivity index (χ0) is 21.9. The summed E-state index contributed by atoms with van der Waals surface area (Å²) >= 11 is 0. The number of hydrogen-bond donors (Lipinski definition) is 2. The summed E-state index contributed by atoms with van der Waals surface area (Å²) in [5.74, 6) is -2.36. The first-order valence-corrected chi connectivity index (χ1v) is 9.26. The Morgan fingerprint density at radius 3 is 2.70 bits per heavy atom. The molecule has 1 atom stereocenters. The Hall–Kier alpha value is -3.49. The number of nitrogens with zero attached hydrogens (tertiary/aromatic N) is 1. The average molecular weight is 417 g/mol. The van der Waals surface area contributed by atoms with Gasteiger partial charge in [0.15, 0.2) is 0 Å². The third-order valence-corrected chi connectivity index (χ3v) is 4.73. The van der Waals surface area contributed by atoms with Gasteiger partial charge in [-0.1, -0.05) is 12.1 Å². The summed E-state index contributed by atoms with van der Waals surface area (Å²) in [5, 5.41) is 4.89. The van der Waals surface area contributed by atoms with E-state index >= 15 is 0 Å². The van der Waals surface area contributed by atoms with Gasteiger partial charge in [0.2, 0.25) is 5.91 Å². The molecule has 1 unspecified atom stereocenters. The van der Waals surface area contributed by atoms with Crippen LogP contribution in [0, 0.1) is 18.6 Å². The Balaban J connectivity index is 1.57. The Labute approximate surface area is 172 Å². The number of urea groups is 1. The first-order valence-electron chi connectivity index (χ1n) is 9.26. The number of nitrogens with one attached hydrogen (secondary N) is 2. The molecule has 0 bridgehead atoms. The topological polar surface area (TPSA) is 87.7 Å². The zero-order valence-corrected chi connectivity index (χ0v) is 16.5. The molecule has 1 fully saturated rings. The van der Waals surface area contributed by atoms with Crippen molar-refractivity contribution >= 4 is 17.8 Å². The van der Waals surface area contributed by atoms with E-state index in [4.69, 9.17) is 4.74 Å². The zero-order valence-electron chi connectivity index (χ0n) is 16.5. The molecule has 1 heterocycles. The number of carbonyl (C=O) groups excluding carboxylic acids is 3. The van der Waals surface area contributed by atoms with Crippen molar-refractivity contribution in [2.24, 2.45) is 0 Å². The minimum Gasteiger partial charge on any atom is -0.492 e. The number of carbonyl (C=O) groups is 3. The third kappa shape index (κ3) is 4.40. The molecule has 0 saturated carbocycles. The van der Waals surface area contributed by atoms with Crippen molar-refractivity contribution in [2.75, 3.05) is 19.7 Å². The van der Waals surface area contributed by atoms with Gasteiger partial charge in [0.05, 0.1) is 6.54 Å². The maximum absolute atomic E-state index is 14.1. The highest BCUT2D eigenvalue weighted by molar-refractivity contribution is 6.09. The molecule has 2 aromatic carbocycles. The summed E-state index contributed by atoms with van der Waals surface area (Å²) in [4.78, 5) is 37.8. The van der Waals surface area contributed by atoms with E-state index in [1.54, 1.807) is 6.07 Å². The highest BCUT2D eigenvalue weighted by Crippen LogP contribution is 2.31. The Bertz CT molecular complexity index is 998. The Morgan fingerprint density at radius 2 is 1.97 bits per heavy atom. The quantitative estimate of drug-likeness (QED) is 0.534. The number of benzene rings is 2. The van der Waals surface area contributed by atoms with Crippen LogP contribution in [0.15, 0.2) is 42.5 Å². The molecule has 1 saturated heterocycles. The molecule has 2 N–H and O–H groups in total. The molecule has 7 nitrogen and oxygen atoms in total. The number of aryl methyl sites for hydroxylation is 1. The minimum absolute atomic E-state index is 0.159. The van der Waals surface area contributed by atoms with E-state index in [2.05, 4.69) is 10.6 Å². The molecule has 1 aliphatic heterocycles. The van der Waals surface area contributed by atoms with Crippen LogP contribution in [0.3, 0.4) is 0 Å². The standard InChI is InChI=1S/C21H21F2N3O4/c1-13-4-3-5-15(10-13)30-9-8-24-18(27)12-26-19(28)21(2,25-20(26)29)16-11-14(22)6-7-17(16)23/h3-7,10-11H,8-9,12H2,1-2H3,(H,24,27)(H,25,29). The normalized spacial score (nSPS) is 18.3. The summed E-state index contributed by atoms with van der Waals surface area (Å²) < 4.78 is 33.2. The second kappa shape index (κ2) is 8.48. The molecule has 2 aromatic rings. The number of amides is 4.